The molecule has 2 aromatic rings. The Hall–Kier alpha value is -2.58. The van der Waals surface area contributed by atoms with Crippen molar-refractivity contribution in [2.75, 3.05) is 5.32 Å². The van der Waals surface area contributed by atoms with E-state index >= 15 is 0 Å². The number of amides is 2. The maximum Gasteiger partial charge on any atom is 0.417 e. The maximum absolute atomic E-state index is 12.9. The summed E-state index contributed by atoms with van der Waals surface area (Å²) in [5, 5.41) is 6.25. The van der Waals surface area contributed by atoms with Gasteiger partial charge < -0.3 is 5.32 Å². The lowest BCUT2D eigenvalue weighted by Gasteiger charge is -2.11. The van der Waals surface area contributed by atoms with Crippen molar-refractivity contribution in [3.8, 4) is 0 Å². The van der Waals surface area contributed by atoms with E-state index in [1.165, 1.54) is 13.0 Å². The van der Waals surface area contributed by atoms with Crippen LogP contribution in [0.15, 0.2) is 47.6 Å². The predicted octanol–water partition coefficient (Wildman–Crippen LogP) is 5.08. The lowest BCUT2D eigenvalue weighted by molar-refractivity contribution is -0.137. The first-order chi connectivity index (χ1) is 13.5. The molecule has 2 aromatic carbocycles. The average Bonchev–Trinajstić information content (AvgIpc) is 2.62. The Bertz CT molecular complexity index is 929. The van der Waals surface area contributed by atoms with Crippen molar-refractivity contribution in [1.82, 2.24) is 5.43 Å². The quantitative estimate of drug-likeness (QED) is 0.480. The average molecular weight is 446 g/mol. The number of nitrogens with one attached hydrogen (secondary N) is 2. The van der Waals surface area contributed by atoms with Crippen molar-refractivity contribution in [2.45, 2.75) is 25.9 Å². The molecule has 0 heterocycles. The van der Waals surface area contributed by atoms with Gasteiger partial charge in [-0.05, 0) is 42.8 Å². The summed E-state index contributed by atoms with van der Waals surface area (Å²) >= 11 is 11.3. The van der Waals surface area contributed by atoms with Crippen LogP contribution in [-0.4, -0.2) is 17.5 Å². The van der Waals surface area contributed by atoms with Crippen molar-refractivity contribution in [3.63, 3.8) is 0 Å². The molecule has 5 nitrogen and oxygen atoms in total. The molecule has 2 amide bonds. The van der Waals surface area contributed by atoms with E-state index in [-0.39, 0.29) is 30.1 Å². The van der Waals surface area contributed by atoms with Crippen LogP contribution in [0.1, 0.15) is 24.5 Å². The van der Waals surface area contributed by atoms with E-state index in [9.17, 15) is 22.8 Å². The van der Waals surface area contributed by atoms with Gasteiger partial charge in [0.15, 0.2) is 0 Å². The second-order valence-electron chi connectivity index (χ2n) is 6.10. The number of hydrogen-bond acceptors (Lipinski definition) is 3. The van der Waals surface area contributed by atoms with Crippen LogP contribution in [0.4, 0.5) is 18.9 Å². The number of anilines is 1. The highest BCUT2D eigenvalue weighted by molar-refractivity contribution is 6.31. The Kier molecular flexibility index (Phi) is 7.64. The molecule has 0 aromatic heterocycles. The highest BCUT2D eigenvalue weighted by atomic mass is 35.5. The molecule has 0 aliphatic heterocycles. The number of benzene rings is 2. The minimum atomic E-state index is -4.64. The number of halogens is 5. The molecule has 0 aliphatic rings. The minimum Gasteiger partial charge on any atom is -0.326 e. The first kappa shape index (κ1) is 22.7. The van der Waals surface area contributed by atoms with Crippen LogP contribution in [0, 0.1) is 0 Å². The molecular weight excluding hydrogens is 430 g/mol. The van der Waals surface area contributed by atoms with Gasteiger partial charge in [-0.15, -0.1) is 0 Å². The SMILES string of the molecule is CC(CC(=O)Nc1ccc(Cl)c(C(F)(F)F)c1)=NNC(=O)Cc1ccc(Cl)cc1. The van der Waals surface area contributed by atoms with Gasteiger partial charge in [0.1, 0.15) is 0 Å². The molecule has 0 spiro atoms. The number of alkyl halides is 3. The second kappa shape index (κ2) is 9.76. The zero-order valence-corrected chi connectivity index (χ0v) is 16.6. The molecule has 0 bridgehead atoms. The van der Waals surface area contributed by atoms with E-state index in [1.54, 1.807) is 24.3 Å². The third-order valence-electron chi connectivity index (χ3n) is 3.62. The summed E-state index contributed by atoms with van der Waals surface area (Å²) in [6.45, 7) is 1.51. The van der Waals surface area contributed by atoms with E-state index in [2.05, 4.69) is 15.8 Å². The number of nitrogens with zero attached hydrogens (tertiary/aromatic N) is 1. The minimum absolute atomic E-state index is 0.0497. The van der Waals surface area contributed by atoms with Crippen LogP contribution in [0.3, 0.4) is 0 Å². The Labute approximate surface area is 174 Å². The first-order valence-electron chi connectivity index (χ1n) is 8.27. The van der Waals surface area contributed by atoms with Crippen molar-refractivity contribution >= 4 is 46.4 Å². The molecule has 0 saturated carbocycles. The van der Waals surface area contributed by atoms with E-state index in [4.69, 9.17) is 23.2 Å². The Morgan fingerprint density at radius 2 is 1.69 bits per heavy atom. The zero-order valence-electron chi connectivity index (χ0n) is 15.1. The summed E-state index contributed by atoms with van der Waals surface area (Å²) in [6.07, 6.45) is -4.78. The normalized spacial score (nSPS) is 11.9. The molecule has 0 aliphatic carbocycles. The van der Waals surface area contributed by atoms with Crippen molar-refractivity contribution in [2.24, 2.45) is 5.10 Å². The smallest absolute Gasteiger partial charge is 0.326 e. The van der Waals surface area contributed by atoms with Gasteiger partial charge in [0.2, 0.25) is 11.8 Å². The Morgan fingerprint density at radius 3 is 2.31 bits per heavy atom. The molecule has 0 saturated heterocycles. The lowest BCUT2D eigenvalue weighted by atomic mass is 10.1. The maximum atomic E-state index is 12.9. The standard InChI is InChI=1S/C19H16Cl2F3N3O2/c1-11(26-27-18(29)9-12-2-4-13(20)5-3-12)8-17(28)25-14-6-7-16(21)15(10-14)19(22,23)24/h2-7,10H,8-9H2,1H3,(H,25,28)(H,27,29). The Balaban J connectivity index is 1.89. The summed E-state index contributed by atoms with van der Waals surface area (Å²) in [7, 11) is 0. The molecule has 0 fully saturated rings. The fourth-order valence-electron chi connectivity index (χ4n) is 2.28. The highest BCUT2D eigenvalue weighted by Gasteiger charge is 2.33. The van der Waals surface area contributed by atoms with Gasteiger partial charge in [0.25, 0.3) is 0 Å². The molecule has 0 atom stereocenters. The summed E-state index contributed by atoms with van der Waals surface area (Å²) in [6, 6.07) is 9.78. The van der Waals surface area contributed by atoms with Gasteiger partial charge in [-0.25, -0.2) is 5.43 Å². The predicted molar refractivity (Wildman–Crippen MR) is 106 cm³/mol. The lowest BCUT2D eigenvalue weighted by Crippen LogP contribution is -2.23. The van der Waals surface area contributed by atoms with Gasteiger partial charge in [-0.1, -0.05) is 35.3 Å². The molecule has 0 radical (unpaired) electrons. The molecule has 29 heavy (non-hydrogen) atoms. The van der Waals surface area contributed by atoms with Gasteiger partial charge in [-0.2, -0.15) is 18.3 Å². The monoisotopic (exact) mass is 445 g/mol. The van der Waals surface area contributed by atoms with Crippen LogP contribution in [-0.2, 0) is 22.2 Å². The van der Waals surface area contributed by atoms with Gasteiger partial charge >= 0.3 is 6.18 Å². The molecule has 10 heteroatoms. The van der Waals surface area contributed by atoms with Crippen LogP contribution in [0.2, 0.25) is 10.0 Å². The fourth-order valence-corrected chi connectivity index (χ4v) is 2.63. The fraction of sp³-hybridized carbons (Fsp3) is 0.211. The number of hydrazone groups is 1. The molecular formula is C19H16Cl2F3N3O2. The largest absolute Gasteiger partial charge is 0.417 e. The number of hydrogen-bond donors (Lipinski definition) is 2. The van der Waals surface area contributed by atoms with Gasteiger partial charge in [-0.3, -0.25) is 9.59 Å². The summed E-state index contributed by atoms with van der Waals surface area (Å²) in [5.74, 6) is -0.978. The summed E-state index contributed by atoms with van der Waals surface area (Å²) in [5.41, 5.74) is 2.24. The van der Waals surface area contributed by atoms with E-state index < -0.39 is 22.7 Å². The molecule has 154 valence electrons. The van der Waals surface area contributed by atoms with Crippen molar-refractivity contribution in [1.29, 1.82) is 0 Å². The van der Waals surface area contributed by atoms with Crippen molar-refractivity contribution in [3.05, 3.63) is 63.6 Å². The van der Waals surface area contributed by atoms with Gasteiger partial charge in [0.05, 0.1) is 23.4 Å². The van der Waals surface area contributed by atoms with Crippen LogP contribution < -0.4 is 10.7 Å². The van der Waals surface area contributed by atoms with E-state index in [0.29, 0.717) is 5.02 Å². The number of carbonyl (C=O) groups excluding carboxylic acids is 2. The number of carbonyl (C=O) groups is 2. The topological polar surface area (TPSA) is 70.6 Å². The third kappa shape index (κ3) is 7.40. The summed E-state index contributed by atoms with van der Waals surface area (Å²) in [4.78, 5) is 23.9. The van der Waals surface area contributed by atoms with Crippen LogP contribution in [0.5, 0.6) is 0 Å². The van der Waals surface area contributed by atoms with E-state index in [0.717, 1.165) is 17.7 Å². The summed E-state index contributed by atoms with van der Waals surface area (Å²) < 4.78 is 38.6. The van der Waals surface area contributed by atoms with Crippen LogP contribution in [0.25, 0.3) is 0 Å². The van der Waals surface area contributed by atoms with E-state index in [1.807, 2.05) is 0 Å². The molecule has 2 rings (SSSR count). The molecule has 0 unspecified atom stereocenters. The zero-order chi connectivity index (χ0) is 21.6. The van der Waals surface area contributed by atoms with Crippen LogP contribution >= 0.6 is 23.2 Å². The van der Waals surface area contributed by atoms with Gasteiger partial charge in [0, 0.05) is 16.4 Å². The number of rotatable bonds is 6. The highest BCUT2D eigenvalue weighted by Crippen LogP contribution is 2.36. The molecule has 2 N–H and O–H groups in total. The third-order valence-corrected chi connectivity index (χ3v) is 4.20. The van der Waals surface area contributed by atoms with Crippen molar-refractivity contribution < 1.29 is 22.8 Å². The second-order valence-corrected chi connectivity index (χ2v) is 6.95. The first-order valence-corrected chi connectivity index (χ1v) is 9.03. The Morgan fingerprint density at radius 1 is 1.03 bits per heavy atom.